The third kappa shape index (κ3) is 3.29. The molecule has 0 aromatic heterocycles. The van der Waals surface area contributed by atoms with E-state index in [1.54, 1.807) is 7.05 Å². The predicted octanol–water partition coefficient (Wildman–Crippen LogP) is 2.20. The molecule has 0 bridgehead atoms. The molecule has 1 aromatic rings. The van der Waals surface area contributed by atoms with E-state index in [2.05, 4.69) is 0 Å². The number of halogens is 3. The molecule has 2 rings (SSSR count). The maximum absolute atomic E-state index is 12.9. The van der Waals surface area contributed by atoms with Gasteiger partial charge < -0.3 is 4.90 Å². The molecule has 1 unspecified atom stereocenters. The maximum atomic E-state index is 12.9. The lowest BCUT2D eigenvalue weighted by Gasteiger charge is -2.26. The fraction of sp³-hybridized carbons (Fsp3) is 0.462. The summed E-state index contributed by atoms with van der Waals surface area (Å²) < 4.78 is 61.6. The molecule has 0 N–H and O–H groups in total. The third-order valence-corrected chi connectivity index (χ3v) is 5.34. The number of benzene rings is 1. The van der Waals surface area contributed by atoms with E-state index in [0.29, 0.717) is 6.42 Å². The van der Waals surface area contributed by atoms with E-state index in [1.807, 2.05) is 0 Å². The molecule has 1 heterocycles. The highest BCUT2D eigenvalue weighted by molar-refractivity contribution is 7.91. The van der Waals surface area contributed by atoms with Crippen LogP contribution in [0.5, 0.6) is 0 Å². The van der Waals surface area contributed by atoms with Crippen LogP contribution < -0.4 is 4.90 Å². The predicted molar refractivity (Wildman–Crippen MR) is 71.6 cm³/mol. The number of hydrogen-bond acceptors (Lipinski definition) is 4. The zero-order valence-corrected chi connectivity index (χ0v) is 12.0. The average Bonchev–Trinajstić information content (AvgIpc) is 2.76. The fourth-order valence-electron chi connectivity index (χ4n) is 2.38. The highest BCUT2D eigenvalue weighted by atomic mass is 32.2. The van der Waals surface area contributed by atoms with E-state index in [-0.39, 0.29) is 23.2 Å². The fourth-order valence-corrected chi connectivity index (χ4v) is 4.15. The molecule has 0 amide bonds. The van der Waals surface area contributed by atoms with Gasteiger partial charge in [-0.1, -0.05) is 0 Å². The van der Waals surface area contributed by atoms with Gasteiger partial charge in [0.05, 0.1) is 28.7 Å². The molecule has 1 atom stereocenters. The molecule has 0 radical (unpaired) electrons. The van der Waals surface area contributed by atoms with Crippen molar-refractivity contribution in [1.82, 2.24) is 0 Å². The van der Waals surface area contributed by atoms with E-state index in [0.717, 1.165) is 12.1 Å². The van der Waals surface area contributed by atoms with Gasteiger partial charge in [-0.15, -0.1) is 0 Å². The van der Waals surface area contributed by atoms with Crippen LogP contribution in [0.2, 0.25) is 0 Å². The smallest absolute Gasteiger partial charge is 0.371 e. The minimum atomic E-state index is -4.62. The summed E-state index contributed by atoms with van der Waals surface area (Å²) in [6, 6.07) is 4.58. The summed E-state index contributed by atoms with van der Waals surface area (Å²) in [4.78, 5) is 1.53. The molecule has 1 aliphatic heterocycles. The Kier molecular flexibility index (Phi) is 3.89. The zero-order valence-electron chi connectivity index (χ0n) is 11.2. The summed E-state index contributed by atoms with van der Waals surface area (Å²) in [5.41, 5.74) is -1.20. The summed E-state index contributed by atoms with van der Waals surface area (Å²) in [5, 5.41) is 8.75. The molecule has 1 aromatic carbocycles. The molecular weight excluding hydrogens is 305 g/mol. The third-order valence-electron chi connectivity index (χ3n) is 3.59. The van der Waals surface area contributed by atoms with E-state index in [4.69, 9.17) is 5.26 Å². The topological polar surface area (TPSA) is 61.2 Å². The van der Waals surface area contributed by atoms with Crippen molar-refractivity contribution < 1.29 is 21.6 Å². The molecule has 0 aliphatic carbocycles. The summed E-state index contributed by atoms with van der Waals surface area (Å²) in [6.45, 7) is 0. The highest BCUT2D eigenvalue weighted by Gasteiger charge is 2.35. The number of hydrogen-bond donors (Lipinski definition) is 0. The number of rotatable bonds is 2. The van der Waals surface area contributed by atoms with E-state index in [1.165, 1.54) is 17.0 Å². The molecule has 1 fully saturated rings. The van der Waals surface area contributed by atoms with Gasteiger partial charge in [-0.25, -0.2) is 8.42 Å². The second-order valence-corrected chi connectivity index (χ2v) is 7.24. The number of anilines is 1. The monoisotopic (exact) mass is 318 g/mol. The first kappa shape index (κ1) is 15.6. The molecule has 1 aliphatic rings. The van der Waals surface area contributed by atoms with Gasteiger partial charge in [0.15, 0.2) is 9.84 Å². The van der Waals surface area contributed by atoms with Gasteiger partial charge in [0, 0.05) is 18.8 Å². The van der Waals surface area contributed by atoms with Crippen LogP contribution in [0.1, 0.15) is 17.5 Å². The van der Waals surface area contributed by atoms with Crippen LogP contribution in [0.15, 0.2) is 18.2 Å². The van der Waals surface area contributed by atoms with Crippen molar-refractivity contribution >= 4 is 15.5 Å². The van der Waals surface area contributed by atoms with E-state index < -0.39 is 27.1 Å². The maximum Gasteiger partial charge on any atom is 0.417 e. The average molecular weight is 318 g/mol. The van der Waals surface area contributed by atoms with Gasteiger partial charge in [0.1, 0.15) is 0 Å². The van der Waals surface area contributed by atoms with Crippen LogP contribution in [0.25, 0.3) is 0 Å². The number of alkyl halides is 3. The molecule has 0 spiro atoms. The van der Waals surface area contributed by atoms with Crippen molar-refractivity contribution in [2.75, 3.05) is 23.5 Å². The van der Waals surface area contributed by atoms with Crippen molar-refractivity contribution in [1.29, 1.82) is 5.26 Å². The second kappa shape index (κ2) is 5.22. The van der Waals surface area contributed by atoms with Gasteiger partial charge in [-0.05, 0) is 24.6 Å². The van der Waals surface area contributed by atoms with Gasteiger partial charge in [0.2, 0.25) is 0 Å². The first-order valence-corrected chi connectivity index (χ1v) is 8.01. The van der Waals surface area contributed by atoms with Crippen LogP contribution in [0.3, 0.4) is 0 Å². The van der Waals surface area contributed by atoms with Crippen LogP contribution in [0.4, 0.5) is 18.9 Å². The van der Waals surface area contributed by atoms with Gasteiger partial charge in [-0.3, -0.25) is 0 Å². The van der Waals surface area contributed by atoms with Crippen molar-refractivity contribution in [3.63, 3.8) is 0 Å². The largest absolute Gasteiger partial charge is 0.417 e. The lowest BCUT2D eigenvalue weighted by molar-refractivity contribution is -0.137. The number of nitrogens with zero attached hydrogens (tertiary/aromatic N) is 2. The van der Waals surface area contributed by atoms with Crippen LogP contribution in [-0.2, 0) is 16.0 Å². The summed E-state index contributed by atoms with van der Waals surface area (Å²) >= 11 is 0. The van der Waals surface area contributed by atoms with Crippen LogP contribution >= 0.6 is 0 Å². The Balaban J connectivity index is 2.35. The second-order valence-electron chi connectivity index (χ2n) is 5.01. The molecule has 114 valence electrons. The summed E-state index contributed by atoms with van der Waals surface area (Å²) in [7, 11) is -1.55. The van der Waals surface area contributed by atoms with E-state index in [9.17, 15) is 21.6 Å². The Labute approximate surface area is 120 Å². The molecule has 0 saturated carbocycles. The molecular formula is C13H13F3N2O2S. The number of sulfone groups is 1. The number of nitriles is 1. The lowest BCUT2D eigenvalue weighted by Crippen LogP contribution is -2.32. The normalized spacial score (nSPS) is 21.0. The van der Waals surface area contributed by atoms with E-state index >= 15 is 0 Å². The Hall–Kier alpha value is -1.75. The Morgan fingerprint density at radius 2 is 2.05 bits per heavy atom. The van der Waals surface area contributed by atoms with Crippen molar-refractivity contribution in [3.05, 3.63) is 29.3 Å². The molecule has 21 heavy (non-hydrogen) atoms. The lowest BCUT2D eigenvalue weighted by atomic mass is 10.1. The molecule has 8 heteroatoms. The van der Waals surface area contributed by atoms with Gasteiger partial charge in [-0.2, -0.15) is 18.4 Å². The summed E-state index contributed by atoms with van der Waals surface area (Å²) in [6.07, 6.45) is -4.23. The van der Waals surface area contributed by atoms with Gasteiger partial charge >= 0.3 is 6.18 Å². The molecule has 1 saturated heterocycles. The Morgan fingerprint density at radius 1 is 1.38 bits per heavy atom. The minimum absolute atomic E-state index is 0.0460. The first-order chi connectivity index (χ1) is 9.64. The highest BCUT2D eigenvalue weighted by Crippen LogP contribution is 2.35. The van der Waals surface area contributed by atoms with Crippen molar-refractivity contribution in [2.45, 2.75) is 18.6 Å². The minimum Gasteiger partial charge on any atom is -0.371 e. The van der Waals surface area contributed by atoms with Gasteiger partial charge in [0.25, 0.3) is 0 Å². The Bertz CT molecular complexity index is 692. The van der Waals surface area contributed by atoms with Crippen LogP contribution in [-0.4, -0.2) is 33.0 Å². The zero-order chi connectivity index (χ0) is 15.8. The van der Waals surface area contributed by atoms with Crippen LogP contribution in [0, 0.1) is 11.3 Å². The van der Waals surface area contributed by atoms with Crippen molar-refractivity contribution in [2.24, 2.45) is 0 Å². The molecule has 4 nitrogen and oxygen atoms in total. The SMILES string of the molecule is CN(c1ccc(C#N)c(C(F)(F)F)c1)C1CCS(=O)(=O)C1. The first-order valence-electron chi connectivity index (χ1n) is 6.18. The quantitative estimate of drug-likeness (QED) is 0.839. The van der Waals surface area contributed by atoms with Crippen molar-refractivity contribution in [3.8, 4) is 6.07 Å². The Morgan fingerprint density at radius 3 is 2.52 bits per heavy atom. The standard InChI is InChI=1S/C13H13F3N2O2S/c1-18(11-4-5-21(19,20)8-11)10-3-2-9(7-17)12(6-10)13(14,15)16/h2-3,6,11H,4-5,8H2,1H3. The summed E-state index contributed by atoms with van der Waals surface area (Å²) in [5.74, 6) is -0.0186.